The summed E-state index contributed by atoms with van der Waals surface area (Å²) in [6.45, 7) is 3.37. The first kappa shape index (κ1) is 34.2. The van der Waals surface area contributed by atoms with Crippen LogP contribution in [0.3, 0.4) is 0 Å². The summed E-state index contributed by atoms with van der Waals surface area (Å²) in [6.07, 6.45) is 4.68. The molecule has 0 heterocycles. The second-order valence-corrected chi connectivity index (χ2v) is 14.4. The number of carbonyl (C=O) groups is 2. The van der Waals surface area contributed by atoms with Crippen LogP contribution in [0, 0.1) is 6.92 Å². The number of halogens is 1. The van der Waals surface area contributed by atoms with Crippen LogP contribution in [0.1, 0.15) is 54.9 Å². The Morgan fingerprint density at radius 3 is 2.13 bits per heavy atom. The highest BCUT2D eigenvalue weighted by Crippen LogP contribution is 2.29. The quantitative estimate of drug-likeness (QED) is 0.164. The van der Waals surface area contributed by atoms with Gasteiger partial charge in [0.2, 0.25) is 11.8 Å². The van der Waals surface area contributed by atoms with E-state index in [2.05, 4.69) is 5.32 Å². The van der Waals surface area contributed by atoms with E-state index in [1.165, 1.54) is 9.21 Å². The van der Waals surface area contributed by atoms with Gasteiger partial charge in [-0.05, 0) is 67.1 Å². The van der Waals surface area contributed by atoms with Crippen LogP contribution >= 0.6 is 11.6 Å². The average molecular weight is 672 g/mol. The summed E-state index contributed by atoms with van der Waals surface area (Å²) >= 11 is 6.62. The number of aryl methyl sites for hydroxylation is 2. The number of benzene rings is 4. The van der Waals surface area contributed by atoms with Gasteiger partial charge < -0.3 is 10.2 Å². The van der Waals surface area contributed by atoms with Crippen molar-refractivity contribution in [2.45, 2.75) is 75.9 Å². The lowest BCUT2D eigenvalue weighted by molar-refractivity contribution is -0.140. The molecule has 0 unspecified atom stereocenters. The van der Waals surface area contributed by atoms with E-state index < -0.39 is 28.5 Å². The summed E-state index contributed by atoms with van der Waals surface area (Å²) in [4.78, 5) is 30.5. The summed E-state index contributed by atoms with van der Waals surface area (Å²) in [6, 6.07) is 29.7. The maximum Gasteiger partial charge on any atom is 0.264 e. The van der Waals surface area contributed by atoms with Crippen LogP contribution in [-0.4, -0.2) is 43.8 Å². The molecule has 0 radical (unpaired) electrons. The van der Waals surface area contributed by atoms with Gasteiger partial charge in [0, 0.05) is 24.0 Å². The molecule has 4 aromatic carbocycles. The monoisotopic (exact) mass is 671 g/mol. The topological polar surface area (TPSA) is 86.8 Å². The van der Waals surface area contributed by atoms with E-state index in [0.29, 0.717) is 22.7 Å². The molecule has 7 nitrogen and oxygen atoms in total. The fourth-order valence-corrected chi connectivity index (χ4v) is 7.78. The Kier molecular flexibility index (Phi) is 11.4. The normalized spacial score (nSPS) is 14.0. The highest BCUT2D eigenvalue weighted by molar-refractivity contribution is 7.92. The van der Waals surface area contributed by atoms with E-state index in [9.17, 15) is 18.0 Å². The van der Waals surface area contributed by atoms with Crippen molar-refractivity contribution in [3.05, 3.63) is 130 Å². The molecule has 0 bridgehead atoms. The largest absolute Gasteiger partial charge is 0.352 e. The number of nitrogens with one attached hydrogen (secondary N) is 1. The van der Waals surface area contributed by atoms with Gasteiger partial charge in [0.15, 0.2) is 0 Å². The third-order valence-corrected chi connectivity index (χ3v) is 10.9. The fourth-order valence-electron chi connectivity index (χ4n) is 6.14. The number of carbonyl (C=O) groups excluding carboxylic acids is 2. The predicted molar refractivity (Wildman–Crippen MR) is 188 cm³/mol. The Balaban J connectivity index is 1.59. The van der Waals surface area contributed by atoms with Gasteiger partial charge in [0.05, 0.1) is 10.6 Å². The second-order valence-electron chi connectivity index (χ2n) is 12.1. The lowest BCUT2D eigenvalue weighted by atomic mass is 10.0. The maximum atomic E-state index is 14.7. The Bertz CT molecular complexity index is 1770. The van der Waals surface area contributed by atoms with Gasteiger partial charge in [-0.25, -0.2) is 8.42 Å². The summed E-state index contributed by atoms with van der Waals surface area (Å²) in [5, 5.41) is 3.66. The van der Waals surface area contributed by atoms with Gasteiger partial charge in [0.1, 0.15) is 12.6 Å². The third kappa shape index (κ3) is 8.42. The molecule has 0 saturated heterocycles. The standard InChI is InChI=1S/C38H42ClN3O4S/c1-3-30-15-8-12-20-35(30)42(47(45,46)33-23-21-28(2)22-24-33)27-37(43)41(26-31-16-7-11-19-34(31)39)36(25-29-13-5-4-6-14-29)38(44)40-32-17-9-10-18-32/h4-8,11-16,19-24,32,36H,3,9-10,17-18,25-27H2,1-2H3,(H,40,44)/t36-/m0/s1. The summed E-state index contributed by atoms with van der Waals surface area (Å²) < 4.78 is 29.9. The number of hydrogen-bond donors (Lipinski definition) is 1. The van der Waals surface area contributed by atoms with Crippen LogP contribution in [0.15, 0.2) is 108 Å². The van der Waals surface area contributed by atoms with E-state index in [4.69, 9.17) is 11.6 Å². The number of rotatable bonds is 13. The van der Waals surface area contributed by atoms with Crippen molar-refractivity contribution in [2.75, 3.05) is 10.8 Å². The molecule has 246 valence electrons. The number of sulfonamides is 1. The van der Waals surface area contributed by atoms with Crippen molar-refractivity contribution in [1.82, 2.24) is 10.2 Å². The number of amides is 2. The molecule has 1 aliphatic rings. The minimum absolute atomic E-state index is 0.0297. The SMILES string of the molecule is CCc1ccccc1N(CC(=O)N(Cc1ccccc1Cl)[C@@H](Cc1ccccc1)C(=O)NC1CCCC1)S(=O)(=O)c1ccc(C)cc1. The van der Waals surface area contributed by atoms with Crippen LogP contribution in [0.2, 0.25) is 5.02 Å². The van der Waals surface area contributed by atoms with Crippen LogP contribution in [0.25, 0.3) is 0 Å². The van der Waals surface area contributed by atoms with Crippen molar-refractivity contribution < 1.29 is 18.0 Å². The molecule has 1 atom stereocenters. The molecule has 4 aromatic rings. The van der Waals surface area contributed by atoms with E-state index in [1.807, 2.05) is 74.5 Å². The molecule has 2 amide bonds. The van der Waals surface area contributed by atoms with Gasteiger partial charge in [-0.15, -0.1) is 0 Å². The Labute approximate surface area is 283 Å². The Morgan fingerprint density at radius 2 is 1.47 bits per heavy atom. The molecule has 1 fully saturated rings. The summed E-state index contributed by atoms with van der Waals surface area (Å²) in [5.41, 5.74) is 3.68. The molecule has 47 heavy (non-hydrogen) atoms. The van der Waals surface area contributed by atoms with Gasteiger partial charge in [-0.2, -0.15) is 0 Å². The van der Waals surface area contributed by atoms with Crippen LogP contribution in [0.4, 0.5) is 5.69 Å². The van der Waals surface area contributed by atoms with Crippen molar-refractivity contribution in [3.8, 4) is 0 Å². The molecule has 1 N–H and O–H groups in total. The summed E-state index contributed by atoms with van der Waals surface area (Å²) in [7, 11) is -4.18. The lowest BCUT2D eigenvalue weighted by Gasteiger charge is -2.35. The molecule has 9 heteroatoms. The van der Waals surface area contributed by atoms with Crippen molar-refractivity contribution >= 4 is 39.1 Å². The van der Waals surface area contributed by atoms with E-state index >= 15 is 0 Å². The Hall–Kier alpha value is -4.14. The third-order valence-electron chi connectivity index (χ3n) is 8.80. The number of para-hydroxylation sites is 1. The minimum Gasteiger partial charge on any atom is -0.352 e. The Morgan fingerprint density at radius 1 is 0.851 bits per heavy atom. The first-order valence-corrected chi connectivity index (χ1v) is 18.0. The van der Waals surface area contributed by atoms with Crippen molar-refractivity contribution in [3.63, 3.8) is 0 Å². The van der Waals surface area contributed by atoms with Crippen molar-refractivity contribution in [1.29, 1.82) is 0 Å². The number of anilines is 1. The van der Waals surface area contributed by atoms with E-state index in [1.54, 1.807) is 42.5 Å². The second kappa shape index (κ2) is 15.6. The summed E-state index contributed by atoms with van der Waals surface area (Å²) in [5.74, 6) is -0.767. The van der Waals surface area contributed by atoms with Crippen LogP contribution in [-0.2, 0) is 39.0 Å². The molecule has 1 aliphatic carbocycles. The first-order chi connectivity index (χ1) is 22.7. The molecular formula is C38H42ClN3O4S. The molecule has 0 aromatic heterocycles. The number of nitrogens with zero attached hydrogens (tertiary/aromatic N) is 2. The highest BCUT2D eigenvalue weighted by Gasteiger charge is 2.36. The molecular weight excluding hydrogens is 630 g/mol. The van der Waals surface area contributed by atoms with Crippen molar-refractivity contribution in [2.24, 2.45) is 0 Å². The number of hydrogen-bond acceptors (Lipinski definition) is 4. The minimum atomic E-state index is -4.18. The molecule has 1 saturated carbocycles. The van der Waals surface area contributed by atoms with E-state index in [0.717, 1.165) is 42.4 Å². The van der Waals surface area contributed by atoms with Gasteiger partial charge in [0.25, 0.3) is 10.0 Å². The van der Waals surface area contributed by atoms with Gasteiger partial charge in [-0.1, -0.05) is 116 Å². The zero-order valence-corrected chi connectivity index (χ0v) is 28.5. The zero-order chi connectivity index (χ0) is 33.4. The predicted octanol–water partition coefficient (Wildman–Crippen LogP) is 7.11. The molecule has 0 aliphatic heterocycles. The van der Waals surface area contributed by atoms with E-state index in [-0.39, 0.29) is 29.8 Å². The highest BCUT2D eigenvalue weighted by atomic mass is 35.5. The zero-order valence-electron chi connectivity index (χ0n) is 26.9. The molecule has 5 rings (SSSR count). The van der Waals surface area contributed by atoms with Crippen LogP contribution < -0.4 is 9.62 Å². The smallest absolute Gasteiger partial charge is 0.264 e. The van der Waals surface area contributed by atoms with Crippen LogP contribution in [0.5, 0.6) is 0 Å². The molecule has 0 spiro atoms. The fraction of sp³-hybridized carbons (Fsp3) is 0.316. The first-order valence-electron chi connectivity index (χ1n) is 16.2. The maximum absolute atomic E-state index is 14.7. The average Bonchev–Trinajstić information content (AvgIpc) is 3.59. The lowest BCUT2D eigenvalue weighted by Crippen LogP contribution is -2.54. The van der Waals surface area contributed by atoms with Gasteiger partial charge >= 0.3 is 0 Å². The van der Waals surface area contributed by atoms with Gasteiger partial charge in [-0.3, -0.25) is 13.9 Å².